The lowest BCUT2D eigenvalue weighted by Crippen LogP contribution is -2.48. The Morgan fingerprint density at radius 2 is 1.83 bits per heavy atom. The minimum atomic E-state index is -2.07. The summed E-state index contributed by atoms with van der Waals surface area (Å²) in [4.78, 5) is 29.3. The number of pyridine rings is 1. The fourth-order valence-corrected chi connectivity index (χ4v) is 2.78. The lowest BCUT2D eigenvalue weighted by atomic mass is 10.0. The quantitative estimate of drug-likeness (QED) is 0.480. The number of hydrogen-bond donors (Lipinski definition) is 3. The van der Waals surface area contributed by atoms with Crippen molar-refractivity contribution in [3.8, 4) is 0 Å². The summed E-state index contributed by atoms with van der Waals surface area (Å²) in [5, 5.41) is 16.2. The van der Waals surface area contributed by atoms with Crippen LogP contribution >= 0.6 is 11.6 Å². The number of nitrogens with zero attached hydrogens (tertiary/aromatic N) is 1. The standard InChI is InChI=1S/C21H26ClN3O4/c1-6-13-11-17(24-21(5,28)29-19(27)25-20(2,3)4)15(12-23-13)18(26)14-9-7-8-10-16(14)22/h7-12,28H,6H2,1-5H3,(H,23,24)(H,25,27). The molecule has 2 aromatic rings. The minimum Gasteiger partial charge on any atom is -0.398 e. The highest BCUT2D eigenvalue weighted by Crippen LogP contribution is 2.26. The Labute approximate surface area is 175 Å². The molecule has 0 radical (unpaired) electrons. The topological polar surface area (TPSA) is 101 Å². The Hall–Kier alpha value is -2.64. The van der Waals surface area contributed by atoms with Crippen LogP contribution in [0.3, 0.4) is 0 Å². The molecule has 0 bridgehead atoms. The number of nitrogens with one attached hydrogen (secondary N) is 2. The van der Waals surface area contributed by atoms with Crippen molar-refractivity contribution in [1.29, 1.82) is 0 Å². The number of ketones is 1. The first-order valence-electron chi connectivity index (χ1n) is 9.21. The van der Waals surface area contributed by atoms with E-state index < -0.39 is 17.5 Å². The Kier molecular flexibility index (Phi) is 6.87. The van der Waals surface area contributed by atoms with Gasteiger partial charge >= 0.3 is 6.09 Å². The third-order valence-corrected chi connectivity index (χ3v) is 4.15. The van der Waals surface area contributed by atoms with E-state index in [2.05, 4.69) is 15.6 Å². The molecule has 1 amide bonds. The number of rotatable bonds is 6. The van der Waals surface area contributed by atoms with Crippen molar-refractivity contribution in [2.45, 2.75) is 52.5 Å². The summed E-state index contributed by atoms with van der Waals surface area (Å²) in [6.07, 6.45) is 1.22. The van der Waals surface area contributed by atoms with Crippen molar-refractivity contribution < 1.29 is 19.4 Å². The summed E-state index contributed by atoms with van der Waals surface area (Å²) in [6, 6.07) is 8.28. The van der Waals surface area contributed by atoms with Crippen LogP contribution in [0.1, 0.15) is 56.2 Å². The highest BCUT2D eigenvalue weighted by Gasteiger charge is 2.29. The smallest absolute Gasteiger partial charge is 0.398 e. The second-order valence-electron chi connectivity index (χ2n) is 7.76. The first-order valence-corrected chi connectivity index (χ1v) is 9.59. The number of alkyl carbamates (subject to hydrolysis) is 1. The second-order valence-corrected chi connectivity index (χ2v) is 8.16. The van der Waals surface area contributed by atoms with Gasteiger partial charge in [-0.05, 0) is 45.4 Å². The summed E-state index contributed by atoms with van der Waals surface area (Å²) in [7, 11) is 0. The van der Waals surface area contributed by atoms with Crippen LogP contribution in [0, 0.1) is 0 Å². The van der Waals surface area contributed by atoms with Crippen LogP contribution in [0.25, 0.3) is 0 Å². The largest absolute Gasteiger partial charge is 0.411 e. The molecule has 7 nitrogen and oxygen atoms in total. The third kappa shape index (κ3) is 6.44. The van der Waals surface area contributed by atoms with Crippen LogP contribution in [0.5, 0.6) is 0 Å². The molecule has 29 heavy (non-hydrogen) atoms. The number of carbonyl (C=O) groups excluding carboxylic acids is 2. The molecule has 0 saturated heterocycles. The molecule has 8 heteroatoms. The van der Waals surface area contributed by atoms with Crippen molar-refractivity contribution in [3.63, 3.8) is 0 Å². The van der Waals surface area contributed by atoms with Crippen LogP contribution < -0.4 is 10.6 Å². The van der Waals surface area contributed by atoms with Crippen molar-refractivity contribution in [3.05, 3.63) is 58.4 Å². The molecule has 0 saturated carbocycles. The first kappa shape index (κ1) is 22.6. The zero-order valence-corrected chi connectivity index (χ0v) is 17.9. The average molecular weight is 420 g/mol. The Bertz CT molecular complexity index is 907. The zero-order valence-electron chi connectivity index (χ0n) is 17.2. The van der Waals surface area contributed by atoms with Gasteiger partial charge in [0.1, 0.15) is 0 Å². The third-order valence-electron chi connectivity index (χ3n) is 3.82. The van der Waals surface area contributed by atoms with Gasteiger partial charge in [-0.3, -0.25) is 9.78 Å². The van der Waals surface area contributed by atoms with Gasteiger partial charge in [0.2, 0.25) is 0 Å². The zero-order chi connectivity index (χ0) is 21.8. The maximum atomic E-state index is 13.0. The van der Waals surface area contributed by atoms with Crippen LogP contribution in [-0.2, 0) is 11.2 Å². The highest BCUT2D eigenvalue weighted by atomic mass is 35.5. The minimum absolute atomic E-state index is 0.190. The van der Waals surface area contributed by atoms with E-state index in [1.807, 2.05) is 6.92 Å². The molecule has 156 valence electrons. The van der Waals surface area contributed by atoms with E-state index in [4.69, 9.17) is 16.3 Å². The molecule has 0 fully saturated rings. The Morgan fingerprint density at radius 1 is 1.17 bits per heavy atom. The monoisotopic (exact) mass is 419 g/mol. The summed E-state index contributed by atoms with van der Waals surface area (Å²) < 4.78 is 5.09. The number of aryl methyl sites for hydroxylation is 1. The van der Waals surface area contributed by atoms with Gasteiger partial charge in [0.15, 0.2) is 5.78 Å². The average Bonchev–Trinajstić information content (AvgIpc) is 2.58. The lowest BCUT2D eigenvalue weighted by molar-refractivity contribution is -0.124. The summed E-state index contributed by atoms with van der Waals surface area (Å²) in [5.41, 5.74) is 0.919. The van der Waals surface area contributed by atoms with Crippen LogP contribution in [0.4, 0.5) is 10.5 Å². The summed E-state index contributed by atoms with van der Waals surface area (Å²) in [5.74, 6) is -2.44. The van der Waals surface area contributed by atoms with Crippen molar-refractivity contribution in [1.82, 2.24) is 10.3 Å². The van der Waals surface area contributed by atoms with Gasteiger partial charge in [-0.25, -0.2) is 4.79 Å². The number of benzene rings is 1. The highest BCUT2D eigenvalue weighted by molar-refractivity contribution is 6.35. The van der Waals surface area contributed by atoms with E-state index in [0.717, 1.165) is 0 Å². The van der Waals surface area contributed by atoms with Crippen LogP contribution in [0.2, 0.25) is 5.02 Å². The molecule has 1 heterocycles. The number of aromatic nitrogens is 1. The maximum absolute atomic E-state index is 13.0. The molecule has 1 unspecified atom stereocenters. The maximum Gasteiger partial charge on any atom is 0.411 e. The lowest BCUT2D eigenvalue weighted by Gasteiger charge is -2.29. The van der Waals surface area contributed by atoms with E-state index >= 15 is 0 Å². The first-order chi connectivity index (χ1) is 13.4. The number of aliphatic hydroxyl groups is 1. The van der Waals surface area contributed by atoms with Gasteiger partial charge in [-0.15, -0.1) is 0 Å². The van der Waals surface area contributed by atoms with Gasteiger partial charge in [0, 0.05) is 29.9 Å². The van der Waals surface area contributed by atoms with E-state index in [-0.39, 0.29) is 17.0 Å². The van der Waals surface area contributed by atoms with Crippen LogP contribution in [0.15, 0.2) is 36.5 Å². The molecule has 1 atom stereocenters. The fraction of sp³-hybridized carbons (Fsp3) is 0.381. The van der Waals surface area contributed by atoms with Gasteiger partial charge in [-0.1, -0.05) is 30.7 Å². The molecule has 0 aliphatic carbocycles. The number of amides is 1. The van der Waals surface area contributed by atoms with Crippen LogP contribution in [-0.4, -0.2) is 33.4 Å². The predicted octanol–water partition coefficient (Wildman–Crippen LogP) is 4.13. The number of anilines is 1. The van der Waals surface area contributed by atoms with E-state index in [9.17, 15) is 14.7 Å². The normalized spacial score (nSPS) is 13.3. The van der Waals surface area contributed by atoms with Gasteiger partial charge in [0.25, 0.3) is 5.91 Å². The molecule has 3 N–H and O–H groups in total. The molecule has 1 aromatic heterocycles. The van der Waals surface area contributed by atoms with Crippen molar-refractivity contribution >= 4 is 29.2 Å². The predicted molar refractivity (Wildman–Crippen MR) is 112 cm³/mol. The number of carbonyl (C=O) groups is 2. The molecule has 0 spiro atoms. The molecular weight excluding hydrogens is 394 g/mol. The van der Waals surface area contributed by atoms with Crippen molar-refractivity contribution in [2.24, 2.45) is 0 Å². The van der Waals surface area contributed by atoms with E-state index in [1.54, 1.807) is 51.1 Å². The molecule has 1 aromatic carbocycles. The molecule has 0 aliphatic rings. The summed E-state index contributed by atoms with van der Waals surface area (Å²) >= 11 is 6.15. The van der Waals surface area contributed by atoms with Gasteiger partial charge in [0.05, 0.1) is 16.3 Å². The van der Waals surface area contributed by atoms with Crippen molar-refractivity contribution in [2.75, 3.05) is 5.32 Å². The van der Waals surface area contributed by atoms with E-state index in [1.165, 1.54) is 13.1 Å². The Morgan fingerprint density at radius 3 is 2.41 bits per heavy atom. The fourth-order valence-electron chi connectivity index (χ4n) is 2.55. The van der Waals surface area contributed by atoms with Gasteiger partial charge < -0.3 is 20.5 Å². The SMILES string of the molecule is CCc1cc(NC(C)(O)OC(=O)NC(C)(C)C)c(C(=O)c2ccccc2Cl)cn1. The molecule has 0 aliphatic heterocycles. The molecule has 2 rings (SSSR count). The Balaban J connectivity index is 2.35. The molecular formula is C21H26ClN3O4. The number of ether oxygens (including phenoxy) is 1. The number of hydrogen-bond acceptors (Lipinski definition) is 6. The van der Waals surface area contributed by atoms with Gasteiger partial charge in [-0.2, -0.15) is 0 Å². The number of halogens is 1. The van der Waals surface area contributed by atoms with E-state index in [0.29, 0.717) is 22.7 Å². The second kappa shape index (κ2) is 8.80. The summed E-state index contributed by atoms with van der Waals surface area (Å²) in [6.45, 7) is 8.53.